The molecule has 0 fully saturated rings. The normalized spacial score (nSPS) is 11.1. The number of hydrogen-bond acceptors (Lipinski definition) is 3. The van der Waals surface area contributed by atoms with E-state index in [1.807, 2.05) is 24.3 Å². The molecule has 0 aliphatic rings. The Balaban J connectivity index is 1.90. The summed E-state index contributed by atoms with van der Waals surface area (Å²) < 4.78 is 25.9. The predicted octanol–water partition coefficient (Wildman–Crippen LogP) is 6.89. The molecule has 0 heterocycles. The van der Waals surface area contributed by atoms with E-state index in [1.165, 1.54) is 13.2 Å². The Labute approximate surface area is 182 Å². The molecule has 29 heavy (non-hydrogen) atoms. The Hall–Kier alpha value is -2.81. The van der Waals surface area contributed by atoms with E-state index in [0.717, 1.165) is 10.0 Å². The molecule has 0 atom stereocenters. The first-order chi connectivity index (χ1) is 14.0. The average molecular weight is 473 g/mol. The second-order valence-electron chi connectivity index (χ2n) is 6.09. The molecule has 146 valence electrons. The molecule has 0 unspecified atom stereocenters. The maximum absolute atomic E-state index is 13.8. The van der Waals surface area contributed by atoms with E-state index in [9.17, 15) is 9.65 Å². The Bertz CT molecular complexity index is 1090. The summed E-state index contributed by atoms with van der Waals surface area (Å²) in [7, 11) is 1.50. The van der Waals surface area contributed by atoms with Crippen molar-refractivity contribution in [2.45, 2.75) is 6.61 Å². The second-order valence-corrected chi connectivity index (χ2v) is 7.41. The van der Waals surface area contributed by atoms with Gasteiger partial charge >= 0.3 is 0 Å². The van der Waals surface area contributed by atoms with Crippen LogP contribution in [-0.2, 0) is 6.61 Å². The number of ether oxygens (including phenoxy) is 2. The number of nitrogens with zero attached hydrogens (tertiary/aromatic N) is 1. The van der Waals surface area contributed by atoms with Crippen LogP contribution in [0.1, 0.15) is 16.7 Å². The van der Waals surface area contributed by atoms with Crippen molar-refractivity contribution in [1.82, 2.24) is 0 Å². The predicted molar refractivity (Wildman–Crippen MR) is 116 cm³/mol. The molecule has 0 radical (unpaired) electrons. The lowest BCUT2D eigenvalue weighted by atomic mass is 10.0. The largest absolute Gasteiger partial charge is 0.493 e. The smallest absolute Gasteiger partial charge is 0.180 e. The molecule has 0 N–H and O–H groups in total. The highest BCUT2D eigenvalue weighted by atomic mass is 79.9. The van der Waals surface area contributed by atoms with Crippen LogP contribution in [0.5, 0.6) is 11.5 Å². The summed E-state index contributed by atoms with van der Waals surface area (Å²) in [6.07, 6.45) is 1.72. The molecule has 0 spiro atoms. The van der Waals surface area contributed by atoms with Crippen LogP contribution in [0.15, 0.2) is 65.1 Å². The molecule has 6 heteroatoms. The Kier molecular flexibility index (Phi) is 6.92. The molecule has 0 aliphatic heterocycles. The molecule has 0 aliphatic carbocycles. The maximum Gasteiger partial charge on any atom is 0.180 e. The lowest BCUT2D eigenvalue weighted by molar-refractivity contribution is 0.280. The number of benzene rings is 3. The van der Waals surface area contributed by atoms with Gasteiger partial charge in [-0.2, -0.15) is 5.26 Å². The van der Waals surface area contributed by atoms with E-state index in [1.54, 1.807) is 36.4 Å². The summed E-state index contributed by atoms with van der Waals surface area (Å²) >= 11 is 9.78. The van der Waals surface area contributed by atoms with Gasteiger partial charge in [-0.3, -0.25) is 0 Å². The third-order valence-corrected chi connectivity index (χ3v) is 4.98. The van der Waals surface area contributed by atoms with Crippen LogP contribution in [0, 0.1) is 17.1 Å². The van der Waals surface area contributed by atoms with E-state index >= 15 is 0 Å². The Morgan fingerprint density at radius 3 is 2.55 bits per heavy atom. The van der Waals surface area contributed by atoms with Crippen LogP contribution in [0.4, 0.5) is 4.39 Å². The summed E-state index contributed by atoms with van der Waals surface area (Å²) in [6, 6.07) is 19.4. The monoisotopic (exact) mass is 471 g/mol. The molecule has 0 amide bonds. The lowest BCUT2D eigenvalue weighted by Gasteiger charge is -2.14. The van der Waals surface area contributed by atoms with Crippen LogP contribution < -0.4 is 9.47 Å². The summed E-state index contributed by atoms with van der Waals surface area (Å²) in [5, 5.41) is 9.85. The zero-order chi connectivity index (χ0) is 20.8. The molecule has 0 saturated heterocycles. The van der Waals surface area contributed by atoms with Crippen LogP contribution in [0.3, 0.4) is 0 Å². The fraction of sp³-hybridized carbons (Fsp3) is 0.0870. The molecule has 0 aromatic heterocycles. The average Bonchev–Trinajstić information content (AvgIpc) is 2.72. The van der Waals surface area contributed by atoms with E-state index < -0.39 is 0 Å². The number of allylic oxidation sites excluding steroid dienone is 1. The standard InChI is InChI=1S/C23H16BrClFNO2/c1-28-22-12-15(10-18(13-27)16-6-8-19(24)9-7-16)11-20(25)23(22)29-14-17-4-2-3-5-21(17)26/h2-12H,14H2,1H3/b18-10+. The molecular formula is C23H16BrClFNO2. The second kappa shape index (κ2) is 9.60. The first-order valence-electron chi connectivity index (χ1n) is 8.63. The van der Waals surface area contributed by atoms with Crippen molar-refractivity contribution >= 4 is 39.2 Å². The van der Waals surface area contributed by atoms with Gasteiger partial charge in [-0.05, 0) is 47.5 Å². The first kappa shape index (κ1) is 20.9. The van der Waals surface area contributed by atoms with Crippen LogP contribution in [0.25, 0.3) is 11.6 Å². The van der Waals surface area contributed by atoms with Gasteiger partial charge in [0.1, 0.15) is 12.4 Å². The van der Waals surface area contributed by atoms with E-state index in [-0.39, 0.29) is 12.4 Å². The first-order valence-corrected chi connectivity index (χ1v) is 9.80. The van der Waals surface area contributed by atoms with Crippen molar-refractivity contribution in [3.05, 3.63) is 92.7 Å². The van der Waals surface area contributed by atoms with Crippen molar-refractivity contribution < 1.29 is 13.9 Å². The minimum absolute atomic E-state index is 0.0142. The zero-order valence-electron chi connectivity index (χ0n) is 15.5. The van der Waals surface area contributed by atoms with Crippen LogP contribution in [0.2, 0.25) is 5.02 Å². The molecule has 3 rings (SSSR count). The summed E-state index contributed by atoms with van der Waals surface area (Å²) in [4.78, 5) is 0. The third-order valence-electron chi connectivity index (χ3n) is 4.17. The SMILES string of the molecule is COc1cc(/C=C(\C#N)c2ccc(Br)cc2)cc(Cl)c1OCc1ccccc1F. The van der Waals surface area contributed by atoms with Gasteiger partial charge in [-0.15, -0.1) is 0 Å². The van der Waals surface area contributed by atoms with Crippen LogP contribution >= 0.6 is 27.5 Å². The van der Waals surface area contributed by atoms with E-state index in [4.69, 9.17) is 21.1 Å². The summed E-state index contributed by atoms with van der Waals surface area (Å²) in [6.45, 7) is 0.0142. The fourth-order valence-corrected chi connectivity index (χ4v) is 3.24. The van der Waals surface area contributed by atoms with E-state index in [2.05, 4.69) is 22.0 Å². The van der Waals surface area contributed by atoms with Gasteiger partial charge < -0.3 is 9.47 Å². The van der Waals surface area contributed by atoms with Crippen molar-refractivity contribution in [3.8, 4) is 17.6 Å². The van der Waals surface area contributed by atoms with Crippen LogP contribution in [-0.4, -0.2) is 7.11 Å². The highest BCUT2D eigenvalue weighted by Gasteiger charge is 2.13. The zero-order valence-corrected chi connectivity index (χ0v) is 17.8. The third kappa shape index (κ3) is 5.17. The lowest BCUT2D eigenvalue weighted by Crippen LogP contribution is -2.01. The van der Waals surface area contributed by atoms with Crippen molar-refractivity contribution in [2.75, 3.05) is 7.11 Å². The molecular weight excluding hydrogens is 457 g/mol. The van der Waals surface area contributed by atoms with Gasteiger partial charge in [0.25, 0.3) is 0 Å². The molecule has 0 bridgehead atoms. The van der Waals surface area contributed by atoms with Crippen molar-refractivity contribution in [2.24, 2.45) is 0 Å². The quantitative estimate of drug-likeness (QED) is 0.290. The molecule has 0 saturated carbocycles. The number of rotatable bonds is 6. The topological polar surface area (TPSA) is 42.2 Å². The van der Waals surface area contributed by atoms with Gasteiger partial charge in [-0.1, -0.05) is 57.9 Å². The number of halogens is 3. The summed E-state index contributed by atoms with van der Waals surface area (Å²) in [5.74, 6) is 0.361. The highest BCUT2D eigenvalue weighted by Crippen LogP contribution is 2.38. The Morgan fingerprint density at radius 1 is 1.17 bits per heavy atom. The van der Waals surface area contributed by atoms with Gasteiger partial charge in [0.2, 0.25) is 0 Å². The summed E-state index contributed by atoms with van der Waals surface area (Å²) in [5.41, 5.74) is 2.36. The number of methoxy groups -OCH3 is 1. The minimum Gasteiger partial charge on any atom is -0.493 e. The molecule has 3 aromatic carbocycles. The number of hydrogen-bond donors (Lipinski definition) is 0. The molecule has 3 aromatic rings. The fourth-order valence-electron chi connectivity index (χ4n) is 2.70. The van der Waals surface area contributed by atoms with Crippen molar-refractivity contribution in [3.63, 3.8) is 0 Å². The molecule has 3 nitrogen and oxygen atoms in total. The van der Waals surface area contributed by atoms with E-state index in [0.29, 0.717) is 33.2 Å². The van der Waals surface area contributed by atoms with Gasteiger partial charge in [0.15, 0.2) is 11.5 Å². The van der Waals surface area contributed by atoms with Gasteiger partial charge in [0, 0.05) is 10.0 Å². The van der Waals surface area contributed by atoms with Crippen molar-refractivity contribution in [1.29, 1.82) is 5.26 Å². The Morgan fingerprint density at radius 2 is 1.90 bits per heavy atom. The maximum atomic E-state index is 13.8. The number of nitriles is 1. The van der Waals surface area contributed by atoms with Gasteiger partial charge in [0.05, 0.1) is 23.8 Å². The minimum atomic E-state index is -0.352. The highest BCUT2D eigenvalue weighted by molar-refractivity contribution is 9.10. The van der Waals surface area contributed by atoms with Gasteiger partial charge in [-0.25, -0.2) is 4.39 Å².